The van der Waals surface area contributed by atoms with Crippen LogP contribution in [0.15, 0.2) is 18.2 Å². The van der Waals surface area contributed by atoms with Crippen molar-refractivity contribution < 1.29 is 14.4 Å². The van der Waals surface area contributed by atoms with E-state index in [0.717, 1.165) is 18.6 Å². The molecule has 1 atom stereocenters. The molecular formula is C12H16N2O4. The van der Waals surface area contributed by atoms with Crippen molar-refractivity contribution in [2.45, 2.75) is 19.0 Å². The molecule has 1 fully saturated rings. The summed E-state index contributed by atoms with van der Waals surface area (Å²) in [6, 6.07) is 5.34. The Morgan fingerprint density at radius 2 is 2.44 bits per heavy atom. The third-order valence-corrected chi connectivity index (χ3v) is 2.96. The van der Waals surface area contributed by atoms with Gasteiger partial charge in [0.2, 0.25) is 0 Å². The largest absolute Gasteiger partial charge is 0.490 e. The van der Waals surface area contributed by atoms with Crippen LogP contribution in [0.1, 0.15) is 12.0 Å². The normalized spacial score (nSPS) is 18.8. The number of rotatable bonds is 5. The number of nitrogens with one attached hydrogen (secondary N) is 1. The van der Waals surface area contributed by atoms with E-state index < -0.39 is 4.92 Å². The Balaban J connectivity index is 2.04. The maximum atomic E-state index is 10.9. The zero-order valence-corrected chi connectivity index (χ0v) is 10.2. The van der Waals surface area contributed by atoms with Crippen LogP contribution in [0, 0.1) is 10.1 Å². The van der Waals surface area contributed by atoms with Crippen LogP contribution in [0.25, 0.3) is 0 Å². The van der Waals surface area contributed by atoms with Gasteiger partial charge in [-0.25, -0.2) is 0 Å². The number of hydrogen-bond acceptors (Lipinski definition) is 5. The number of methoxy groups -OCH3 is 1. The van der Waals surface area contributed by atoms with Crippen molar-refractivity contribution in [2.24, 2.45) is 0 Å². The van der Waals surface area contributed by atoms with Crippen LogP contribution in [0.3, 0.4) is 0 Å². The van der Waals surface area contributed by atoms with Crippen LogP contribution in [0.5, 0.6) is 5.75 Å². The number of hydrogen-bond donors (Lipinski definition) is 1. The van der Waals surface area contributed by atoms with Gasteiger partial charge in [0.25, 0.3) is 0 Å². The van der Waals surface area contributed by atoms with Gasteiger partial charge >= 0.3 is 5.69 Å². The lowest BCUT2D eigenvalue weighted by Crippen LogP contribution is -2.28. The van der Waals surface area contributed by atoms with Gasteiger partial charge in [0.1, 0.15) is 0 Å². The van der Waals surface area contributed by atoms with Crippen molar-refractivity contribution in [2.75, 3.05) is 20.3 Å². The van der Waals surface area contributed by atoms with E-state index in [-0.39, 0.29) is 11.4 Å². The number of nitro benzene ring substituents is 1. The molecule has 0 radical (unpaired) electrons. The Hall–Kier alpha value is -1.66. The van der Waals surface area contributed by atoms with Gasteiger partial charge in [-0.15, -0.1) is 0 Å². The molecule has 2 rings (SSSR count). The molecule has 6 nitrogen and oxygen atoms in total. The Kier molecular flexibility index (Phi) is 4.11. The molecule has 1 aliphatic heterocycles. The molecule has 1 N–H and O–H groups in total. The molecular weight excluding hydrogens is 236 g/mol. The molecule has 0 amide bonds. The van der Waals surface area contributed by atoms with E-state index in [4.69, 9.17) is 9.47 Å². The quantitative estimate of drug-likeness (QED) is 0.634. The van der Waals surface area contributed by atoms with Crippen LogP contribution in [-0.4, -0.2) is 31.3 Å². The molecule has 18 heavy (non-hydrogen) atoms. The zero-order valence-electron chi connectivity index (χ0n) is 10.2. The van der Waals surface area contributed by atoms with Gasteiger partial charge in [-0.2, -0.15) is 0 Å². The Morgan fingerprint density at radius 1 is 1.61 bits per heavy atom. The fraction of sp³-hybridized carbons (Fsp3) is 0.500. The van der Waals surface area contributed by atoms with Crippen LogP contribution >= 0.6 is 0 Å². The van der Waals surface area contributed by atoms with Crippen molar-refractivity contribution >= 4 is 5.69 Å². The summed E-state index contributed by atoms with van der Waals surface area (Å²) in [6.07, 6.45) is 0.984. The Morgan fingerprint density at radius 3 is 3.06 bits per heavy atom. The first kappa shape index (κ1) is 12.8. The minimum atomic E-state index is -0.430. The van der Waals surface area contributed by atoms with Crippen LogP contribution in [0.4, 0.5) is 5.69 Å². The Labute approximate surface area is 105 Å². The van der Waals surface area contributed by atoms with Crippen molar-refractivity contribution in [3.05, 3.63) is 33.9 Å². The monoisotopic (exact) mass is 252 g/mol. The van der Waals surface area contributed by atoms with Crippen molar-refractivity contribution in [1.82, 2.24) is 5.32 Å². The first-order chi connectivity index (χ1) is 8.70. The summed E-state index contributed by atoms with van der Waals surface area (Å²) in [5.74, 6) is 0.285. The van der Waals surface area contributed by atoms with Gasteiger partial charge in [-0.1, -0.05) is 6.07 Å². The molecule has 1 aromatic carbocycles. The smallest absolute Gasteiger partial charge is 0.311 e. The third-order valence-electron chi connectivity index (χ3n) is 2.96. The fourth-order valence-corrected chi connectivity index (χ4v) is 1.95. The number of nitrogens with zero attached hydrogens (tertiary/aromatic N) is 1. The highest BCUT2D eigenvalue weighted by Crippen LogP contribution is 2.27. The van der Waals surface area contributed by atoms with Crippen molar-refractivity contribution in [1.29, 1.82) is 0 Å². The van der Waals surface area contributed by atoms with E-state index in [0.29, 0.717) is 19.2 Å². The molecule has 6 heteroatoms. The lowest BCUT2D eigenvalue weighted by Gasteiger charge is -2.10. The molecule has 0 saturated carbocycles. The molecule has 0 aliphatic carbocycles. The van der Waals surface area contributed by atoms with Gasteiger partial charge in [0.15, 0.2) is 5.75 Å². The van der Waals surface area contributed by atoms with E-state index in [9.17, 15) is 10.1 Å². The minimum absolute atomic E-state index is 0.000489. The van der Waals surface area contributed by atoms with Gasteiger partial charge in [-0.3, -0.25) is 10.1 Å². The van der Waals surface area contributed by atoms with E-state index in [2.05, 4.69) is 5.32 Å². The topological polar surface area (TPSA) is 73.6 Å². The molecule has 1 unspecified atom stereocenters. The van der Waals surface area contributed by atoms with E-state index in [1.807, 2.05) is 6.07 Å². The predicted octanol–water partition coefficient (Wildman–Crippen LogP) is 1.48. The summed E-state index contributed by atoms with van der Waals surface area (Å²) in [4.78, 5) is 10.4. The molecule has 98 valence electrons. The number of nitro groups is 1. The second-order valence-corrected chi connectivity index (χ2v) is 4.20. The first-order valence-electron chi connectivity index (χ1n) is 5.83. The lowest BCUT2D eigenvalue weighted by atomic mass is 10.1. The third kappa shape index (κ3) is 2.96. The van der Waals surface area contributed by atoms with Crippen molar-refractivity contribution in [3.8, 4) is 5.75 Å². The second-order valence-electron chi connectivity index (χ2n) is 4.20. The molecule has 1 aliphatic rings. The van der Waals surface area contributed by atoms with Crippen LogP contribution in [-0.2, 0) is 11.3 Å². The van der Waals surface area contributed by atoms with Crippen LogP contribution < -0.4 is 10.1 Å². The highest BCUT2D eigenvalue weighted by Gasteiger charge is 2.17. The van der Waals surface area contributed by atoms with Gasteiger partial charge in [0.05, 0.1) is 18.6 Å². The Bertz CT molecular complexity index is 430. The van der Waals surface area contributed by atoms with E-state index >= 15 is 0 Å². The SMILES string of the molecule is COc1ccc(CNC2CCOC2)cc1[N+](=O)[O-]. The summed E-state index contributed by atoms with van der Waals surface area (Å²) >= 11 is 0. The van der Waals surface area contributed by atoms with Crippen molar-refractivity contribution in [3.63, 3.8) is 0 Å². The summed E-state index contributed by atoms with van der Waals surface area (Å²) in [6.45, 7) is 2.08. The van der Waals surface area contributed by atoms with Gasteiger partial charge in [-0.05, 0) is 18.1 Å². The maximum Gasteiger partial charge on any atom is 0.311 e. The predicted molar refractivity (Wildman–Crippen MR) is 65.7 cm³/mol. The summed E-state index contributed by atoms with van der Waals surface area (Å²) < 4.78 is 10.2. The lowest BCUT2D eigenvalue weighted by molar-refractivity contribution is -0.385. The standard InChI is InChI=1S/C12H16N2O4/c1-17-12-3-2-9(6-11(12)14(15)16)7-13-10-4-5-18-8-10/h2-3,6,10,13H,4-5,7-8H2,1H3. The number of ether oxygens (including phenoxy) is 2. The number of benzene rings is 1. The van der Waals surface area contributed by atoms with Gasteiger partial charge < -0.3 is 14.8 Å². The van der Waals surface area contributed by atoms with Crippen LogP contribution in [0.2, 0.25) is 0 Å². The highest BCUT2D eigenvalue weighted by molar-refractivity contribution is 5.48. The molecule has 0 aromatic heterocycles. The van der Waals surface area contributed by atoms with Gasteiger partial charge in [0, 0.05) is 25.3 Å². The average molecular weight is 252 g/mol. The zero-order chi connectivity index (χ0) is 13.0. The molecule has 1 heterocycles. The second kappa shape index (κ2) is 5.79. The summed E-state index contributed by atoms with van der Waals surface area (Å²) in [5.41, 5.74) is 0.869. The fourth-order valence-electron chi connectivity index (χ4n) is 1.95. The average Bonchev–Trinajstić information content (AvgIpc) is 2.89. The highest BCUT2D eigenvalue weighted by atomic mass is 16.6. The minimum Gasteiger partial charge on any atom is -0.490 e. The van der Waals surface area contributed by atoms with E-state index in [1.54, 1.807) is 12.1 Å². The molecule has 0 bridgehead atoms. The first-order valence-corrected chi connectivity index (χ1v) is 5.83. The molecule has 0 spiro atoms. The molecule has 1 aromatic rings. The maximum absolute atomic E-state index is 10.9. The van der Waals surface area contributed by atoms with E-state index in [1.165, 1.54) is 7.11 Å². The summed E-state index contributed by atoms with van der Waals surface area (Å²) in [5, 5.41) is 14.2. The molecule has 1 saturated heterocycles. The summed E-state index contributed by atoms with van der Waals surface area (Å²) in [7, 11) is 1.43.